The van der Waals surface area contributed by atoms with Crippen molar-refractivity contribution in [2.75, 3.05) is 18.0 Å². The second kappa shape index (κ2) is 2.95. The van der Waals surface area contributed by atoms with Crippen LogP contribution in [-0.4, -0.2) is 23.6 Å². The molecule has 2 fully saturated rings. The van der Waals surface area contributed by atoms with Crippen molar-refractivity contribution in [2.24, 2.45) is 11.7 Å². The van der Waals surface area contributed by atoms with Gasteiger partial charge < -0.3 is 10.6 Å². The lowest BCUT2D eigenvalue weighted by Crippen LogP contribution is -2.69. The van der Waals surface area contributed by atoms with Crippen molar-refractivity contribution < 1.29 is 0 Å². The minimum atomic E-state index is 0.107. The van der Waals surface area contributed by atoms with Gasteiger partial charge in [-0.3, -0.25) is 4.98 Å². The molecule has 0 amide bonds. The van der Waals surface area contributed by atoms with Gasteiger partial charge in [0.15, 0.2) is 0 Å². The van der Waals surface area contributed by atoms with Crippen LogP contribution < -0.4 is 10.6 Å². The fourth-order valence-corrected chi connectivity index (χ4v) is 2.57. The molecule has 1 saturated heterocycles. The predicted octanol–water partition coefficient (Wildman–Crippen LogP) is 1.32. The average Bonchev–Trinajstić information content (AvgIpc) is 2.97. The fourth-order valence-electron chi connectivity index (χ4n) is 2.57. The molecule has 1 aliphatic heterocycles. The van der Waals surface area contributed by atoms with Crippen LogP contribution in [0.3, 0.4) is 0 Å². The van der Waals surface area contributed by atoms with Crippen molar-refractivity contribution in [3.8, 4) is 0 Å². The normalized spacial score (nSPS) is 23.7. The molecular formula is C12H17N3. The molecule has 80 valence electrons. The van der Waals surface area contributed by atoms with Crippen LogP contribution in [0.5, 0.6) is 0 Å². The number of rotatable bonds is 2. The molecule has 0 atom stereocenters. The van der Waals surface area contributed by atoms with E-state index in [1.165, 1.54) is 24.1 Å². The van der Waals surface area contributed by atoms with Gasteiger partial charge in [0.1, 0.15) is 0 Å². The first-order valence-electron chi connectivity index (χ1n) is 5.63. The Morgan fingerprint density at radius 1 is 1.47 bits per heavy atom. The van der Waals surface area contributed by atoms with Gasteiger partial charge in [0.2, 0.25) is 0 Å². The Hall–Kier alpha value is -1.09. The molecule has 1 saturated carbocycles. The fraction of sp³-hybridized carbons (Fsp3) is 0.583. The van der Waals surface area contributed by atoms with E-state index in [1.807, 2.05) is 12.4 Å². The van der Waals surface area contributed by atoms with Gasteiger partial charge in [-0.25, -0.2) is 0 Å². The van der Waals surface area contributed by atoms with E-state index < -0.39 is 0 Å². The maximum absolute atomic E-state index is 6.33. The summed E-state index contributed by atoms with van der Waals surface area (Å²) in [6.45, 7) is 4.14. The molecule has 3 nitrogen and oxygen atoms in total. The summed E-state index contributed by atoms with van der Waals surface area (Å²) in [5.74, 6) is 0.788. The molecule has 0 aromatic carbocycles. The van der Waals surface area contributed by atoms with Crippen molar-refractivity contribution in [3.63, 3.8) is 0 Å². The van der Waals surface area contributed by atoms with Crippen molar-refractivity contribution in [1.82, 2.24) is 4.98 Å². The highest BCUT2D eigenvalue weighted by Gasteiger charge is 2.50. The molecule has 3 heteroatoms. The highest BCUT2D eigenvalue weighted by molar-refractivity contribution is 5.55. The van der Waals surface area contributed by atoms with Crippen molar-refractivity contribution in [3.05, 3.63) is 24.0 Å². The third-order valence-electron chi connectivity index (χ3n) is 3.69. The Morgan fingerprint density at radius 3 is 2.80 bits per heavy atom. The lowest BCUT2D eigenvalue weighted by atomic mass is 9.85. The zero-order valence-electron chi connectivity index (χ0n) is 9.11. The van der Waals surface area contributed by atoms with Gasteiger partial charge in [-0.1, -0.05) is 0 Å². The van der Waals surface area contributed by atoms with Gasteiger partial charge in [0.05, 0.1) is 5.54 Å². The molecule has 2 N–H and O–H groups in total. The summed E-state index contributed by atoms with van der Waals surface area (Å²) in [7, 11) is 0. The lowest BCUT2D eigenvalue weighted by Gasteiger charge is -2.50. The van der Waals surface area contributed by atoms with Gasteiger partial charge in [-0.2, -0.15) is 0 Å². The summed E-state index contributed by atoms with van der Waals surface area (Å²) in [5, 5.41) is 0. The van der Waals surface area contributed by atoms with Crippen molar-refractivity contribution in [2.45, 2.75) is 25.3 Å². The standard InChI is InChI=1S/C12H17N3/c1-9-6-14-5-4-11(9)15-7-12(13,8-15)10-2-3-10/h4-6,10H,2-3,7-8,13H2,1H3. The summed E-state index contributed by atoms with van der Waals surface area (Å²) in [6.07, 6.45) is 6.44. The summed E-state index contributed by atoms with van der Waals surface area (Å²) in [6, 6.07) is 2.09. The zero-order chi connectivity index (χ0) is 10.5. The van der Waals surface area contributed by atoms with Crippen LogP contribution in [-0.2, 0) is 0 Å². The maximum Gasteiger partial charge on any atom is 0.0538 e. The monoisotopic (exact) mass is 203 g/mol. The minimum absolute atomic E-state index is 0.107. The van der Waals surface area contributed by atoms with E-state index in [2.05, 4.69) is 22.9 Å². The third-order valence-corrected chi connectivity index (χ3v) is 3.69. The van der Waals surface area contributed by atoms with E-state index >= 15 is 0 Å². The van der Waals surface area contributed by atoms with Crippen LogP contribution >= 0.6 is 0 Å². The molecule has 0 spiro atoms. The van der Waals surface area contributed by atoms with Gasteiger partial charge in [0, 0.05) is 31.2 Å². The van der Waals surface area contributed by atoms with E-state index in [1.54, 1.807) is 0 Å². The Labute approximate surface area is 90.3 Å². The summed E-state index contributed by atoms with van der Waals surface area (Å²) < 4.78 is 0. The Kier molecular flexibility index (Phi) is 1.80. The van der Waals surface area contributed by atoms with E-state index in [4.69, 9.17) is 5.73 Å². The number of nitrogens with zero attached hydrogens (tertiary/aromatic N) is 2. The number of pyridine rings is 1. The molecule has 0 bridgehead atoms. The number of nitrogens with two attached hydrogens (primary N) is 1. The topological polar surface area (TPSA) is 42.2 Å². The maximum atomic E-state index is 6.33. The number of anilines is 1. The molecule has 2 aliphatic rings. The van der Waals surface area contributed by atoms with Gasteiger partial charge in [-0.05, 0) is 37.3 Å². The van der Waals surface area contributed by atoms with Crippen LogP contribution in [0.4, 0.5) is 5.69 Å². The smallest absolute Gasteiger partial charge is 0.0538 e. The number of aryl methyl sites for hydroxylation is 1. The second-order valence-corrected chi connectivity index (χ2v) is 5.03. The van der Waals surface area contributed by atoms with Crippen LogP contribution in [0.2, 0.25) is 0 Å². The summed E-state index contributed by atoms with van der Waals surface area (Å²) in [5.41, 5.74) is 8.98. The molecule has 15 heavy (non-hydrogen) atoms. The molecule has 1 aliphatic carbocycles. The Bertz CT molecular complexity index is 378. The number of aromatic nitrogens is 1. The third kappa shape index (κ3) is 1.42. The second-order valence-electron chi connectivity index (χ2n) is 5.03. The lowest BCUT2D eigenvalue weighted by molar-refractivity contribution is 0.290. The van der Waals surface area contributed by atoms with Crippen LogP contribution in [0.15, 0.2) is 18.5 Å². The number of hydrogen-bond donors (Lipinski definition) is 1. The Balaban J connectivity index is 1.74. The number of hydrogen-bond acceptors (Lipinski definition) is 3. The van der Waals surface area contributed by atoms with Crippen LogP contribution in [0, 0.1) is 12.8 Å². The molecule has 2 heterocycles. The van der Waals surface area contributed by atoms with E-state index in [0.717, 1.165) is 19.0 Å². The SMILES string of the molecule is Cc1cnccc1N1CC(N)(C2CC2)C1. The van der Waals surface area contributed by atoms with Gasteiger partial charge in [0.25, 0.3) is 0 Å². The van der Waals surface area contributed by atoms with Crippen LogP contribution in [0.25, 0.3) is 0 Å². The quantitative estimate of drug-likeness (QED) is 0.788. The van der Waals surface area contributed by atoms with E-state index in [9.17, 15) is 0 Å². The van der Waals surface area contributed by atoms with Crippen LogP contribution in [0.1, 0.15) is 18.4 Å². The highest BCUT2D eigenvalue weighted by atomic mass is 15.3. The van der Waals surface area contributed by atoms with Crippen molar-refractivity contribution >= 4 is 5.69 Å². The highest BCUT2D eigenvalue weighted by Crippen LogP contribution is 2.44. The van der Waals surface area contributed by atoms with E-state index in [-0.39, 0.29) is 5.54 Å². The average molecular weight is 203 g/mol. The molecule has 0 radical (unpaired) electrons. The predicted molar refractivity (Wildman–Crippen MR) is 60.8 cm³/mol. The largest absolute Gasteiger partial charge is 0.367 e. The van der Waals surface area contributed by atoms with E-state index in [0.29, 0.717) is 0 Å². The molecule has 1 aromatic heterocycles. The summed E-state index contributed by atoms with van der Waals surface area (Å²) in [4.78, 5) is 6.48. The first kappa shape index (κ1) is 9.16. The van der Waals surface area contributed by atoms with Gasteiger partial charge in [-0.15, -0.1) is 0 Å². The molecule has 0 unspecified atom stereocenters. The Morgan fingerprint density at radius 2 is 2.20 bits per heavy atom. The van der Waals surface area contributed by atoms with Gasteiger partial charge >= 0.3 is 0 Å². The minimum Gasteiger partial charge on any atom is -0.367 e. The van der Waals surface area contributed by atoms with Crippen molar-refractivity contribution in [1.29, 1.82) is 0 Å². The molecule has 3 rings (SSSR count). The molecular weight excluding hydrogens is 186 g/mol. The zero-order valence-corrected chi connectivity index (χ0v) is 9.11. The molecule has 1 aromatic rings. The summed E-state index contributed by atoms with van der Waals surface area (Å²) >= 11 is 0. The first-order valence-corrected chi connectivity index (χ1v) is 5.63. The first-order chi connectivity index (χ1) is 7.19.